The Labute approximate surface area is 212 Å². The van der Waals surface area contributed by atoms with Gasteiger partial charge >= 0.3 is 0 Å². The molecule has 1 saturated heterocycles. The number of piperazine rings is 1. The Balaban J connectivity index is 1.28. The van der Waals surface area contributed by atoms with Crippen molar-refractivity contribution in [1.82, 2.24) is 34.9 Å². The van der Waals surface area contributed by atoms with Crippen LogP contribution in [0.15, 0.2) is 48.2 Å². The number of rotatable bonds is 6. The zero-order chi connectivity index (χ0) is 23.5. The third-order valence-electron chi connectivity index (χ3n) is 5.46. The van der Waals surface area contributed by atoms with Crippen LogP contribution in [0, 0.1) is 9.39 Å². The van der Waals surface area contributed by atoms with Gasteiger partial charge in [-0.25, -0.2) is 19.3 Å². The van der Waals surface area contributed by atoms with E-state index >= 15 is 0 Å². The minimum atomic E-state index is -0.454. The van der Waals surface area contributed by atoms with Crippen molar-refractivity contribution < 1.29 is 9.18 Å². The Kier molecular flexibility index (Phi) is 6.78. The van der Waals surface area contributed by atoms with E-state index in [1.165, 1.54) is 17.7 Å². The van der Waals surface area contributed by atoms with Gasteiger partial charge in [-0.2, -0.15) is 5.10 Å². The first-order valence-corrected chi connectivity index (χ1v) is 12.5. The Hall–Kier alpha value is -2.97. The number of pyridine rings is 1. The van der Waals surface area contributed by atoms with Gasteiger partial charge in [0.1, 0.15) is 18.0 Å². The zero-order valence-corrected chi connectivity index (χ0v) is 20.9. The van der Waals surface area contributed by atoms with E-state index in [0.717, 1.165) is 16.4 Å². The first kappa shape index (κ1) is 22.8. The largest absolute Gasteiger partial charge is 0.336 e. The summed E-state index contributed by atoms with van der Waals surface area (Å²) in [6.45, 7) is 2.99. The number of nitrogens with one attached hydrogen (secondary N) is 2. The van der Waals surface area contributed by atoms with Gasteiger partial charge in [0.2, 0.25) is 0 Å². The van der Waals surface area contributed by atoms with Crippen molar-refractivity contribution in [2.24, 2.45) is 0 Å². The molecule has 0 saturated carbocycles. The summed E-state index contributed by atoms with van der Waals surface area (Å²) in [5.41, 5.74) is 1.85. The SMILES string of the molecule is O=C(c1cccc(I)c1F)N1CCN(Cc2cc(-c3ncn[nH]3)cc(Nc3nccs3)n2)CC1. The molecular weight excluding hydrogens is 570 g/mol. The molecule has 4 heterocycles. The van der Waals surface area contributed by atoms with Crippen LogP contribution in [0.1, 0.15) is 16.1 Å². The minimum Gasteiger partial charge on any atom is -0.336 e. The molecule has 34 heavy (non-hydrogen) atoms. The molecule has 1 amide bonds. The smallest absolute Gasteiger partial charge is 0.256 e. The number of carbonyl (C=O) groups excluding carboxylic acids is 1. The lowest BCUT2D eigenvalue weighted by molar-refractivity contribution is 0.0622. The normalized spacial score (nSPS) is 14.4. The molecule has 1 aliphatic heterocycles. The molecule has 0 spiro atoms. The Morgan fingerprint density at radius 3 is 2.79 bits per heavy atom. The van der Waals surface area contributed by atoms with Gasteiger partial charge < -0.3 is 10.2 Å². The van der Waals surface area contributed by atoms with Crippen molar-refractivity contribution in [1.29, 1.82) is 0 Å². The first-order valence-electron chi connectivity index (χ1n) is 10.6. The number of amides is 1. The Bertz CT molecular complexity index is 1280. The van der Waals surface area contributed by atoms with E-state index in [9.17, 15) is 9.18 Å². The van der Waals surface area contributed by atoms with Crippen LogP contribution in [0.4, 0.5) is 15.3 Å². The Morgan fingerprint density at radius 1 is 1.21 bits per heavy atom. The second-order valence-electron chi connectivity index (χ2n) is 7.70. The number of thiazole rings is 1. The molecule has 9 nitrogen and oxygen atoms in total. The van der Waals surface area contributed by atoms with Crippen molar-refractivity contribution in [3.63, 3.8) is 0 Å². The molecule has 174 valence electrons. The predicted octanol–water partition coefficient (Wildman–Crippen LogP) is 3.77. The van der Waals surface area contributed by atoms with Gasteiger partial charge in [-0.3, -0.25) is 14.8 Å². The maximum absolute atomic E-state index is 14.4. The molecule has 0 unspecified atom stereocenters. The average molecular weight is 590 g/mol. The zero-order valence-electron chi connectivity index (χ0n) is 17.9. The number of aromatic nitrogens is 5. The molecule has 4 aromatic rings. The van der Waals surface area contributed by atoms with Gasteiger partial charge in [-0.1, -0.05) is 6.07 Å². The van der Waals surface area contributed by atoms with Crippen LogP contribution in [0.5, 0.6) is 0 Å². The van der Waals surface area contributed by atoms with Crippen molar-refractivity contribution in [3.05, 3.63) is 68.9 Å². The highest BCUT2D eigenvalue weighted by molar-refractivity contribution is 14.1. The average Bonchev–Trinajstić information content (AvgIpc) is 3.56. The maximum Gasteiger partial charge on any atom is 0.256 e. The summed E-state index contributed by atoms with van der Waals surface area (Å²) < 4.78 is 14.8. The summed E-state index contributed by atoms with van der Waals surface area (Å²) in [5.74, 6) is 0.600. The van der Waals surface area contributed by atoms with Crippen LogP contribution in [-0.4, -0.2) is 67.0 Å². The topological polar surface area (TPSA) is 103 Å². The maximum atomic E-state index is 14.4. The third kappa shape index (κ3) is 5.08. The Morgan fingerprint density at radius 2 is 2.06 bits per heavy atom. The van der Waals surface area contributed by atoms with E-state index < -0.39 is 5.82 Å². The van der Waals surface area contributed by atoms with Gasteiger partial charge in [-0.15, -0.1) is 11.3 Å². The highest BCUT2D eigenvalue weighted by Crippen LogP contribution is 2.24. The van der Waals surface area contributed by atoms with Crippen LogP contribution < -0.4 is 5.32 Å². The number of hydrogen-bond donors (Lipinski definition) is 2. The van der Waals surface area contributed by atoms with Crippen molar-refractivity contribution >= 4 is 50.8 Å². The highest BCUT2D eigenvalue weighted by Gasteiger charge is 2.25. The molecule has 3 aromatic heterocycles. The molecule has 0 radical (unpaired) electrons. The predicted molar refractivity (Wildman–Crippen MR) is 135 cm³/mol. The number of anilines is 2. The lowest BCUT2D eigenvalue weighted by Gasteiger charge is -2.34. The molecule has 5 rings (SSSR count). The second-order valence-corrected chi connectivity index (χ2v) is 9.76. The fourth-order valence-corrected chi connectivity index (χ4v) is 4.82. The fraction of sp³-hybridized carbons (Fsp3) is 0.227. The fourth-order valence-electron chi connectivity index (χ4n) is 3.79. The van der Waals surface area contributed by atoms with Gasteiger partial charge in [0.05, 0.1) is 11.3 Å². The summed E-state index contributed by atoms with van der Waals surface area (Å²) in [7, 11) is 0. The van der Waals surface area contributed by atoms with E-state index in [1.54, 1.807) is 29.3 Å². The molecule has 0 atom stereocenters. The van der Waals surface area contributed by atoms with Gasteiger partial charge in [0.15, 0.2) is 11.0 Å². The van der Waals surface area contributed by atoms with E-state index in [0.29, 0.717) is 47.9 Å². The van der Waals surface area contributed by atoms with Crippen LogP contribution in [0.2, 0.25) is 0 Å². The third-order valence-corrected chi connectivity index (χ3v) is 6.98. The summed E-state index contributed by atoms with van der Waals surface area (Å²) >= 11 is 3.40. The standard InChI is InChI=1S/C22H20FIN8OS/c23-19-16(2-1-3-17(19)24)21(33)32-7-5-31(6-8-32)12-15-10-14(20-26-13-27-30-20)11-18(28-15)29-22-25-4-9-34-22/h1-4,9-11,13H,5-8,12H2,(H,25,28,29)(H,26,27,30). The summed E-state index contributed by atoms with van der Waals surface area (Å²) in [4.78, 5) is 30.1. The van der Waals surface area contributed by atoms with Gasteiger partial charge in [0, 0.05) is 53.4 Å². The number of nitrogens with zero attached hydrogens (tertiary/aromatic N) is 6. The summed E-state index contributed by atoms with van der Waals surface area (Å²) in [6, 6.07) is 8.78. The van der Waals surface area contributed by atoms with Crippen LogP contribution >= 0.6 is 33.9 Å². The monoisotopic (exact) mass is 590 g/mol. The van der Waals surface area contributed by atoms with E-state index in [1.807, 2.05) is 40.1 Å². The van der Waals surface area contributed by atoms with Gasteiger partial charge in [-0.05, 0) is 46.9 Å². The first-order chi connectivity index (χ1) is 16.6. The second kappa shape index (κ2) is 10.1. The van der Waals surface area contributed by atoms with Crippen LogP contribution in [0.3, 0.4) is 0 Å². The van der Waals surface area contributed by atoms with Crippen molar-refractivity contribution in [3.8, 4) is 11.4 Å². The lowest BCUT2D eigenvalue weighted by Crippen LogP contribution is -2.48. The molecule has 1 aliphatic rings. The molecule has 12 heteroatoms. The van der Waals surface area contributed by atoms with Crippen molar-refractivity contribution in [2.45, 2.75) is 6.54 Å². The molecule has 0 bridgehead atoms. The van der Waals surface area contributed by atoms with Gasteiger partial charge in [0.25, 0.3) is 5.91 Å². The van der Waals surface area contributed by atoms with Crippen LogP contribution in [-0.2, 0) is 6.54 Å². The lowest BCUT2D eigenvalue weighted by atomic mass is 10.1. The number of halogens is 2. The van der Waals surface area contributed by atoms with Crippen LogP contribution in [0.25, 0.3) is 11.4 Å². The number of carbonyl (C=O) groups is 1. The van der Waals surface area contributed by atoms with E-state index in [4.69, 9.17) is 4.98 Å². The quantitative estimate of drug-likeness (QED) is 0.330. The molecule has 2 N–H and O–H groups in total. The number of H-pyrrole nitrogens is 1. The van der Waals surface area contributed by atoms with E-state index in [2.05, 4.69) is 30.4 Å². The summed E-state index contributed by atoms with van der Waals surface area (Å²) in [5, 5.41) is 12.7. The number of hydrogen-bond acceptors (Lipinski definition) is 8. The highest BCUT2D eigenvalue weighted by atomic mass is 127. The molecular formula is C22H20FIN8OS. The number of benzene rings is 1. The van der Waals surface area contributed by atoms with E-state index in [-0.39, 0.29) is 11.5 Å². The molecule has 1 fully saturated rings. The summed E-state index contributed by atoms with van der Waals surface area (Å²) in [6.07, 6.45) is 3.20. The molecule has 1 aromatic carbocycles. The van der Waals surface area contributed by atoms with Crippen molar-refractivity contribution in [2.75, 3.05) is 31.5 Å². The molecule has 0 aliphatic carbocycles. The minimum absolute atomic E-state index is 0.125. The number of aromatic amines is 1.